The van der Waals surface area contributed by atoms with Crippen molar-refractivity contribution >= 4 is 56.6 Å². The first kappa shape index (κ1) is 38.5. The summed E-state index contributed by atoms with van der Waals surface area (Å²) in [6, 6.07) is 33.6. The van der Waals surface area contributed by atoms with E-state index in [4.69, 9.17) is 14.7 Å². The minimum Gasteiger partial charge on any atom is -0.492 e. The Bertz CT molecular complexity index is 2680. The molecule has 1 aliphatic rings. The van der Waals surface area contributed by atoms with Gasteiger partial charge in [-0.3, -0.25) is 14.9 Å². The number of nitrogens with one attached hydrogen (secondary N) is 1. The Hall–Kier alpha value is -6.40. The summed E-state index contributed by atoms with van der Waals surface area (Å²) in [7, 11) is 4.10. The van der Waals surface area contributed by atoms with E-state index in [9.17, 15) is 19.5 Å². The van der Waals surface area contributed by atoms with Crippen LogP contribution in [0.15, 0.2) is 103 Å². The third kappa shape index (κ3) is 7.79. The van der Waals surface area contributed by atoms with Crippen LogP contribution < -0.4 is 15.0 Å². The van der Waals surface area contributed by atoms with Crippen LogP contribution in [0.25, 0.3) is 44.6 Å². The zero-order valence-electron chi connectivity index (χ0n) is 32.9. The van der Waals surface area contributed by atoms with E-state index in [1.807, 2.05) is 55.6 Å². The molecule has 5 aromatic carbocycles. The Kier molecular flexibility index (Phi) is 10.8. The van der Waals surface area contributed by atoms with Gasteiger partial charge in [0.2, 0.25) is 5.91 Å². The van der Waals surface area contributed by atoms with Crippen molar-refractivity contribution in [2.75, 3.05) is 25.1 Å². The van der Waals surface area contributed by atoms with Crippen molar-refractivity contribution in [2.45, 2.75) is 44.9 Å². The molecule has 1 atom stereocenters. The Morgan fingerprint density at radius 1 is 0.914 bits per heavy atom. The normalized spacial score (nSPS) is 14.0. The number of thioether (sulfide) groups is 1. The second-order valence-corrected chi connectivity index (χ2v) is 15.9. The van der Waals surface area contributed by atoms with Gasteiger partial charge in [0, 0.05) is 38.3 Å². The summed E-state index contributed by atoms with van der Waals surface area (Å²) >= 11 is 1.04. The van der Waals surface area contributed by atoms with E-state index in [1.165, 1.54) is 0 Å². The number of carboxylic acids is 1. The van der Waals surface area contributed by atoms with Crippen LogP contribution in [-0.4, -0.2) is 66.8 Å². The molecule has 2 N–H and O–H groups in total. The van der Waals surface area contributed by atoms with E-state index in [1.54, 1.807) is 12.1 Å². The van der Waals surface area contributed by atoms with Crippen LogP contribution in [0.2, 0.25) is 0 Å². The second-order valence-electron chi connectivity index (χ2n) is 14.7. The average molecular weight is 793 g/mol. The molecular weight excluding hydrogens is 749 g/mol. The highest BCUT2D eigenvalue weighted by molar-refractivity contribution is 8.15. The van der Waals surface area contributed by atoms with Crippen molar-refractivity contribution in [1.82, 2.24) is 24.4 Å². The molecule has 1 fully saturated rings. The third-order valence-electron chi connectivity index (χ3n) is 10.7. The first-order valence-electron chi connectivity index (χ1n) is 19.4. The smallest absolute Gasteiger partial charge is 0.336 e. The minimum atomic E-state index is -0.940. The largest absolute Gasteiger partial charge is 0.492 e. The number of benzene rings is 5. The molecule has 294 valence electrons. The molecule has 0 bridgehead atoms. The van der Waals surface area contributed by atoms with Crippen molar-refractivity contribution < 1.29 is 24.2 Å². The number of carbonyl (C=O) groups is 3. The van der Waals surface area contributed by atoms with Crippen molar-refractivity contribution in [2.24, 2.45) is 7.05 Å². The van der Waals surface area contributed by atoms with E-state index in [2.05, 4.69) is 82.7 Å². The standard InChI is InChI=1S/C46H44N6O5S/c1-5-8-41-48-42-28(2)23-32(25-39(42)52(41)27-30-11-15-31(16-12-30)35-9-6-7-10-36(35)45(54)55)43-47-37-20-17-33(26-38(37)51(43)4)50(3)21-22-57-34-18-13-29(14-19-34)24-40-44(53)49-46(56)58-40/h6-7,9-20,23,25-26,40H,5,8,21-22,24,27H2,1-4H3,(H,54,55)(H,49,53,56). The fourth-order valence-electron chi connectivity index (χ4n) is 7.62. The number of likely N-dealkylation sites (N-methyl/N-ethyl adjacent to an activating group) is 1. The number of carboxylic acid groups (broad SMARTS) is 1. The molecular formula is C46H44N6O5S. The molecule has 1 aliphatic heterocycles. The molecule has 1 saturated heterocycles. The molecule has 2 amide bonds. The number of amides is 2. The van der Waals surface area contributed by atoms with Crippen molar-refractivity contribution in [1.29, 1.82) is 0 Å². The van der Waals surface area contributed by atoms with Gasteiger partial charge < -0.3 is 23.9 Å². The molecule has 0 saturated carbocycles. The van der Waals surface area contributed by atoms with Crippen molar-refractivity contribution in [3.05, 3.63) is 131 Å². The van der Waals surface area contributed by atoms with Crippen LogP contribution in [0.1, 0.15) is 46.2 Å². The summed E-state index contributed by atoms with van der Waals surface area (Å²) in [4.78, 5) is 47.7. The fraction of sp³-hybridized carbons (Fsp3) is 0.239. The maximum absolute atomic E-state index is 11.9. The average Bonchev–Trinajstić information content (AvgIpc) is 3.86. The van der Waals surface area contributed by atoms with E-state index in [0.29, 0.717) is 31.7 Å². The monoisotopic (exact) mass is 792 g/mol. The quantitative estimate of drug-likeness (QED) is 0.111. The number of hydrogen-bond donors (Lipinski definition) is 2. The summed E-state index contributed by atoms with van der Waals surface area (Å²) in [5, 5.41) is 11.4. The summed E-state index contributed by atoms with van der Waals surface area (Å²) in [5.74, 6) is 1.47. The molecule has 3 heterocycles. The lowest BCUT2D eigenvalue weighted by Crippen LogP contribution is -2.25. The van der Waals surface area contributed by atoms with Gasteiger partial charge in [-0.1, -0.05) is 73.3 Å². The lowest BCUT2D eigenvalue weighted by Gasteiger charge is -2.20. The number of anilines is 1. The summed E-state index contributed by atoms with van der Waals surface area (Å²) in [5.41, 5.74) is 11.0. The van der Waals surface area contributed by atoms with Crippen LogP contribution >= 0.6 is 11.8 Å². The number of aryl methyl sites for hydroxylation is 3. The van der Waals surface area contributed by atoms with Gasteiger partial charge in [-0.2, -0.15) is 0 Å². The zero-order chi connectivity index (χ0) is 40.5. The first-order chi connectivity index (χ1) is 28.1. The second kappa shape index (κ2) is 16.2. The number of ether oxygens (including phenoxy) is 1. The van der Waals surface area contributed by atoms with Crippen LogP contribution in [0.4, 0.5) is 10.5 Å². The van der Waals surface area contributed by atoms with Crippen LogP contribution in [0.5, 0.6) is 5.75 Å². The van der Waals surface area contributed by atoms with Gasteiger partial charge in [0.05, 0.1) is 39.4 Å². The molecule has 0 radical (unpaired) electrons. The summed E-state index contributed by atoms with van der Waals surface area (Å²) < 4.78 is 10.5. The van der Waals surface area contributed by atoms with Crippen molar-refractivity contribution in [3.8, 4) is 28.3 Å². The maximum atomic E-state index is 11.9. The molecule has 11 nitrogen and oxygen atoms in total. The van der Waals surface area contributed by atoms with E-state index in [0.717, 1.165) is 97.6 Å². The Labute approximate surface area is 340 Å². The van der Waals surface area contributed by atoms with Crippen molar-refractivity contribution in [3.63, 3.8) is 0 Å². The molecule has 12 heteroatoms. The van der Waals surface area contributed by atoms with E-state index in [-0.39, 0.29) is 16.7 Å². The number of aromatic carboxylic acids is 1. The molecule has 8 rings (SSSR count). The van der Waals surface area contributed by atoms with Gasteiger partial charge in [-0.25, -0.2) is 14.8 Å². The van der Waals surface area contributed by atoms with Gasteiger partial charge in [0.25, 0.3) is 5.24 Å². The number of imide groups is 1. The maximum Gasteiger partial charge on any atom is 0.336 e. The Morgan fingerprint density at radius 3 is 2.40 bits per heavy atom. The third-order valence-corrected chi connectivity index (χ3v) is 11.7. The number of nitrogens with zero attached hydrogens (tertiary/aromatic N) is 5. The van der Waals surface area contributed by atoms with E-state index >= 15 is 0 Å². The van der Waals surface area contributed by atoms with Crippen LogP contribution in [0.3, 0.4) is 0 Å². The van der Waals surface area contributed by atoms with Gasteiger partial charge >= 0.3 is 5.97 Å². The number of imidazole rings is 2. The lowest BCUT2D eigenvalue weighted by molar-refractivity contribution is -0.118. The molecule has 7 aromatic rings. The molecule has 1 unspecified atom stereocenters. The van der Waals surface area contributed by atoms with Gasteiger partial charge in [0.15, 0.2) is 0 Å². The van der Waals surface area contributed by atoms with Crippen LogP contribution in [-0.2, 0) is 31.2 Å². The molecule has 58 heavy (non-hydrogen) atoms. The topological polar surface area (TPSA) is 132 Å². The molecule has 0 aliphatic carbocycles. The number of aromatic nitrogens is 4. The number of carbonyl (C=O) groups excluding carboxylic acids is 2. The highest BCUT2D eigenvalue weighted by atomic mass is 32.2. The fourth-order valence-corrected chi connectivity index (χ4v) is 8.48. The van der Waals surface area contributed by atoms with Gasteiger partial charge in [-0.05, 0) is 96.1 Å². The summed E-state index contributed by atoms with van der Waals surface area (Å²) in [6.45, 7) is 6.05. The highest BCUT2D eigenvalue weighted by Crippen LogP contribution is 2.33. The lowest BCUT2D eigenvalue weighted by atomic mass is 9.98. The zero-order valence-corrected chi connectivity index (χ0v) is 33.7. The van der Waals surface area contributed by atoms with Gasteiger partial charge in [0.1, 0.15) is 24.0 Å². The number of fused-ring (bicyclic) bond motifs is 2. The predicted octanol–water partition coefficient (Wildman–Crippen LogP) is 8.67. The van der Waals surface area contributed by atoms with E-state index < -0.39 is 11.2 Å². The van der Waals surface area contributed by atoms with Crippen LogP contribution in [0, 0.1) is 6.92 Å². The SMILES string of the molecule is CCCc1nc2c(C)cc(-c3nc4ccc(N(C)CCOc5ccc(CC6SC(=O)NC6=O)cc5)cc4n3C)cc2n1Cc1ccc(-c2ccccc2C(=O)O)cc1. The number of rotatable bonds is 14. The number of hydrogen-bond acceptors (Lipinski definition) is 8. The molecule has 0 spiro atoms. The predicted molar refractivity (Wildman–Crippen MR) is 230 cm³/mol. The first-order valence-corrected chi connectivity index (χ1v) is 20.3. The summed E-state index contributed by atoms with van der Waals surface area (Å²) in [6.07, 6.45) is 2.31. The highest BCUT2D eigenvalue weighted by Gasteiger charge is 2.31. The molecule has 2 aromatic heterocycles. The van der Waals surface area contributed by atoms with Gasteiger partial charge in [-0.15, -0.1) is 0 Å². The minimum absolute atomic E-state index is 0.236. The Morgan fingerprint density at radius 2 is 1.67 bits per heavy atom. The Balaban J connectivity index is 0.992.